The monoisotopic (exact) mass is 218 g/mol. The summed E-state index contributed by atoms with van der Waals surface area (Å²) in [5.41, 5.74) is 5.29. The quantitative estimate of drug-likeness (QED) is 0.799. The van der Waals surface area contributed by atoms with E-state index in [0.29, 0.717) is 0 Å². The second-order valence-electron chi connectivity index (χ2n) is 3.36. The summed E-state index contributed by atoms with van der Waals surface area (Å²) in [4.78, 5) is 5.58. The lowest BCUT2D eigenvalue weighted by atomic mass is 10.1. The minimum Gasteiger partial charge on any atom is -0.495 e. The van der Waals surface area contributed by atoms with Crippen LogP contribution >= 0.6 is 11.3 Å². The summed E-state index contributed by atoms with van der Waals surface area (Å²) in [5, 5.41) is 3.34. The fraction of sp³-hybridized carbons (Fsp3) is 0.182. The van der Waals surface area contributed by atoms with Crippen LogP contribution in [0.2, 0.25) is 0 Å². The van der Waals surface area contributed by atoms with E-state index in [9.17, 15) is 0 Å². The van der Waals surface area contributed by atoms with Gasteiger partial charge in [-0.3, -0.25) is 0 Å². The number of benzene rings is 1. The molecule has 1 N–H and O–H groups in total. The largest absolute Gasteiger partial charge is 0.495 e. The first kappa shape index (κ1) is 8.73. The van der Waals surface area contributed by atoms with E-state index in [-0.39, 0.29) is 0 Å². The van der Waals surface area contributed by atoms with Gasteiger partial charge in [0.2, 0.25) is 0 Å². The second-order valence-corrected chi connectivity index (χ2v) is 4.22. The number of methoxy groups -OCH3 is 1. The zero-order valence-corrected chi connectivity index (χ0v) is 9.10. The van der Waals surface area contributed by atoms with Gasteiger partial charge in [-0.25, -0.2) is 4.98 Å². The van der Waals surface area contributed by atoms with Crippen LogP contribution in [0.3, 0.4) is 0 Å². The lowest BCUT2D eigenvalue weighted by molar-refractivity contribution is 0.416. The van der Waals surface area contributed by atoms with Gasteiger partial charge in [0.15, 0.2) is 0 Å². The molecule has 0 fully saturated rings. The Labute approximate surface area is 91.7 Å². The van der Waals surface area contributed by atoms with E-state index in [4.69, 9.17) is 4.74 Å². The van der Waals surface area contributed by atoms with Crippen molar-refractivity contribution in [2.45, 2.75) is 6.54 Å². The van der Waals surface area contributed by atoms with Gasteiger partial charge in [-0.1, -0.05) is 12.1 Å². The number of anilines is 1. The van der Waals surface area contributed by atoms with Crippen molar-refractivity contribution in [1.82, 2.24) is 4.98 Å². The number of ether oxygens (including phenoxy) is 1. The molecule has 0 spiro atoms. The molecule has 1 aromatic carbocycles. The van der Waals surface area contributed by atoms with Crippen LogP contribution in [-0.2, 0) is 6.54 Å². The van der Waals surface area contributed by atoms with Crippen molar-refractivity contribution in [3.05, 3.63) is 29.4 Å². The van der Waals surface area contributed by atoms with Crippen molar-refractivity contribution in [3.63, 3.8) is 0 Å². The maximum Gasteiger partial charge on any atom is 0.142 e. The topological polar surface area (TPSA) is 34.1 Å². The Balaban J connectivity index is 2.25. The maximum absolute atomic E-state index is 5.33. The smallest absolute Gasteiger partial charge is 0.142 e. The predicted molar refractivity (Wildman–Crippen MR) is 61.4 cm³/mol. The highest BCUT2D eigenvalue weighted by molar-refractivity contribution is 7.13. The fourth-order valence-electron chi connectivity index (χ4n) is 1.86. The Kier molecular flexibility index (Phi) is 1.89. The summed E-state index contributed by atoms with van der Waals surface area (Å²) < 4.78 is 5.33. The average Bonchev–Trinajstić information content (AvgIpc) is 2.76. The van der Waals surface area contributed by atoms with E-state index < -0.39 is 0 Å². The molecule has 1 aliphatic heterocycles. The van der Waals surface area contributed by atoms with Gasteiger partial charge in [0.05, 0.1) is 35.4 Å². The molecule has 2 aromatic rings. The standard InChI is InChI=1S/C11H10N2OS/c1-14-9-4-2-3-7-10(9)12-5-8-11(7)15-6-13-8/h2-4,6,12H,5H2,1H3. The van der Waals surface area contributed by atoms with Crippen LogP contribution in [0.5, 0.6) is 5.75 Å². The van der Waals surface area contributed by atoms with Crippen molar-refractivity contribution in [2.24, 2.45) is 0 Å². The molecule has 76 valence electrons. The summed E-state index contributed by atoms with van der Waals surface area (Å²) in [6.07, 6.45) is 0. The summed E-state index contributed by atoms with van der Waals surface area (Å²) in [5.74, 6) is 0.895. The van der Waals surface area contributed by atoms with Crippen LogP contribution in [-0.4, -0.2) is 12.1 Å². The zero-order chi connectivity index (χ0) is 10.3. The Morgan fingerprint density at radius 1 is 1.47 bits per heavy atom. The van der Waals surface area contributed by atoms with Gasteiger partial charge in [0.1, 0.15) is 5.75 Å². The highest BCUT2D eigenvalue weighted by atomic mass is 32.1. The van der Waals surface area contributed by atoms with Crippen molar-refractivity contribution >= 4 is 17.0 Å². The molecule has 15 heavy (non-hydrogen) atoms. The minimum absolute atomic E-state index is 0.784. The average molecular weight is 218 g/mol. The zero-order valence-electron chi connectivity index (χ0n) is 8.28. The van der Waals surface area contributed by atoms with Crippen LogP contribution < -0.4 is 10.1 Å². The molecule has 0 amide bonds. The van der Waals surface area contributed by atoms with Crippen LogP contribution in [0.25, 0.3) is 10.4 Å². The van der Waals surface area contributed by atoms with E-state index in [1.54, 1.807) is 18.4 Å². The lowest BCUT2D eigenvalue weighted by Crippen LogP contribution is -2.08. The highest BCUT2D eigenvalue weighted by Crippen LogP contribution is 2.42. The van der Waals surface area contributed by atoms with Gasteiger partial charge in [-0.05, 0) is 6.07 Å². The van der Waals surface area contributed by atoms with Gasteiger partial charge in [-0.2, -0.15) is 0 Å². The number of para-hydroxylation sites is 1. The number of nitrogens with one attached hydrogen (secondary N) is 1. The molecule has 1 aliphatic rings. The van der Waals surface area contributed by atoms with E-state index in [1.807, 2.05) is 17.6 Å². The Morgan fingerprint density at radius 3 is 3.27 bits per heavy atom. The van der Waals surface area contributed by atoms with E-state index in [0.717, 1.165) is 23.7 Å². The number of aromatic nitrogens is 1. The third-order valence-electron chi connectivity index (χ3n) is 2.56. The number of rotatable bonds is 1. The molecule has 2 heterocycles. The van der Waals surface area contributed by atoms with Crippen LogP contribution in [0, 0.1) is 0 Å². The molecule has 0 aliphatic carbocycles. The molecule has 1 aromatic heterocycles. The first-order valence-corrected chi connectivity index (χ1v) is 5.61. The molecule has 4 heteroatoms. The van der Waals surface area contributed by atoms with Crippen LogP contribution in [0.4, 0.5) is 5.69 Å². The number of hydrogen-bond acceptors (Lipinski definition) is 4. The summed E-state index contributed by atoms with van der Waals surface area (Å²) in [6.45, 7) is 0.784. The Hall–Kier alpha value is -1.55. The van der Waals surface area contributed by atoms with Crippen molar-refractivity contribution in [3.8, 4) is 16.2 Å². The van der Waals surface area contributed by atoms with Crippen molar-refractivity contribution < 1.29 is 4.74 Å². The van der Waals surface area contributed by atoms with E-state index in [2.05, 4.69) is 16.4 Å². The number of fused-ring (bicyclic) bond motifs is 3. The fourth-order valence-corrected chi connectivity index (χ4v) is 2.70. The van der Waals surface area contributed by atoms with Crippen molar-refractivity contribution in [2.75, 3.05) is 12.4 Å². The minimum atomic E-state index is 0.784. The predicted octanol–water partition coefficient (Wildman–Crippen LogP) is 2.74. The molecule has 0 unspecified atom stereocenters. The van der Waals surface area contributed by atoms with E-state index in [1.165, 1.54) is 10.4 Å². The lowest BCUT2D eigenvalue weighted by Gasteiger charge is -2.19. The van der Waals surface area contributed by atoms with Crippen LogP contribution in [0.1, 0.15) is 5.69 Å². The van der Waals surface area contributed by atoms with Crippen molar-refractivity contribution in [1.29, 1.82) is 0 Å². The molecule has 0 radical (unpaired) electrons. The molecule has 3 nitrogen and oxygen atoms in total. The molecular weight excluding hydrogens is 208 g/mol. The van der Waals surface area contributed by atoms with Gasteiger partial charge in [0, 0.05) is 5.56 Å². The summed E-state index contributed by atoms with van der Waals surface area (Å²) in [7, 11) is 1.69. The SMILES string of the molecule is COc1cccc2c1NCc1ncsc1-2. The molecule has 0 saturated heterocycles. The summed E-state index contributed by atoms with van der Waals surface area (Å²) >= 11 is 1.68. The van der Waals surface area contributed by atoms with Crippen LogP contribution in [0.15, 0.2) is 23.7 Å². The first-order valence-electron chi connectivity index (χ1n) is 4.74. The summed E-state index contributed by atoms with van der Waals surface area (Å²) in [6, 6.07) is 6.08. The van der Waals surface area contributed by atoms with Gasteiger partial charge < -0.3 is 10.1 Å². The van der Waals surface area contributed by atoms with E-state index >= 15 is 0 Å². The second kappa shape index (κ2) is 3.24. The van der Waals surface area contributed by atoms with Gasteiger partial charge in [-0.15, -0.1) is 11.3 Å². The van der Waals surface area contributed by atoms with Gasteiger partial charge >= 0.3 is 0 Å². The molecule has 0 atom stereocenters. The maximum atomic E-state index is 5.33. The number of nitrogens with zero attached hydrogens (tertiary/aromatic N) is 1. The highest BCUT2D eigenvalue weighted by Gasteiger charge is 2.20. The third kappa shape index (κ3) is 1.22. The Bertz CT molecular complexity index is 507. The molecule has 0 bridgehead atoms. The molecule has 3 rings (SSSR count). The normalized spacial score (nSPS) is 12.6. The molecule has 0 saturated carbocycles. The number of hydrogen-bond donors (Lipinski definition) is 1. The molecular formula is C11H10N2OS. The van der Waals surface area contributed by atoms with Gasteiger partial charge in [0.25, 0.3) is 0 Å². The number of thiazole rings is 1. The Morgan fingerprint density at radius 2 is 2.40 bits per heavy atom. The first-order chi connectivity index (χ1) is 7.40. The third-order valence-corrected chi connectivity index (χ3v) is 3.47.